The lowest BCUT2D eigenvalue weighted by Gasteiger charge is -2.25. The van der Waals surface area contributed by atoms with Crippen LogP contribution in [0.25, 0.3) is 0 Å². The standard InChI is InChI=1S/C12H21N3/c1-12(2,10-15-9-8-13-3)11-4-6-14-7-5-11/h4-7,13,15H,8-10H2,1-3H3. The Balaban J connectivity index is 2.45. The minimum Gasteiger partial charge on any atom is -0.318 e. The number of pyridine rings is 1. The Labute approximate surface area is 92.3 Å². The summed E-state index contributed by atoms with van der Waals surface area (Å²) >= 11 is 0. The van der Waals surface area contributed by atoms with Crippen molar-refractivity contribution in [2.45, 2.75) is 19.3 Å². The van der Waals surface area contributed by atoms with Crippen LogP contribution in [0.15, 0.2) is 24.5 Å². The summed E-state index contributed by atoms with van der Waals surface area (Å²) < 4.78 is 0. The van der Waals surface area contributed by atoms with Gasteiger partial charge in [0.25, 0.3) is 0 Å². The third kappa shape index (κ3) is 3.98. The van der Waals surface area contributed by atoms with Gasteiger partial charge in [0, 0.05) is 37.4 Å². The molecular weight excluding hydrogens is 186 g/mol. The van der Waals surface area contributed by atoms with E-state index in [0.717, 1.165) is 19.6 Å². The van der Waals surface area contributed by atoms with Crippen molar-refractivity contribution in [1.82, 2.24) is 15.6 Å². The fourth-order valence-electron chi connectivity index (χ4n) is 1.52. The normalized spacial score (nSPS) is 11.7. The van der Waals surface area contributed by atoms with Crippen molar-refractivity contribution in [3.8, 4) is 0 Å². The van der Waals surface area contributed by atoms with Crippen molar-refractivity contribution < 1.29 is 0 Å². The second-order valence-corrected chi connectivity index (χ2v) is 4.40. The Bertz CT molecular complexity index is 269. The molecule has 0 amide bonds. The Kier molecular flexibility index (Phi) is 4.72. The van der Waals surface area contributed by atoms with Crippen LogP contribution in [0.1, 0.15) is 19.4 Å². The molecule has 84 valence electrons. The molecule has 0 saturated heterocycles. The maximum absolute atomic E-state index is 4.04. The maximum Gasteiger partial charge on any atom is 0.0270 e. The smallest absolute Gasteiger partial charge is 0.0270 e. The van der Waals surface area contributed by atoms with Gasteiger partial charge in [0.15, 0.2) is 0 Å². The quantitative estimate of drug-likeness (QED) is 0.688. The topological polar surface area (TPSA) is 37.0 Å². The van der Waals surface area contributed by atoms with Crippen LogP contribution < -0.4 is 10.6 Å². The molecule has 0 saturated carbocycles. The molecule has 0 aliphatic heterocycles. The number of hydrogen-bond acceptors (Lipinski definition) is 3. The van der Waals surface area contributed by atoms with Gasteiger partial charge >= 0.3 is 0 Å². The molecule has 15 heavy (non-hydrogen) atoms. The largest absolute Gasteiger partial charge is 0.318 e. The zero-order chi connectivity index (χ0) is 11.1. The first-order valence-corrected chi connectivity index (χ1v) is 5.42. The van der Waals surface area contributed by atoms with E-state index in [0.29, 0.717) is 0 Å². The molecule has 0 bridgehead atoms. The minimum atomic E-state index is 0.163. The summed E-state index contributed by atoms with van der Waals surface area (Å²) in [6.45, 7) is 7.49. The van der Waals surface area contributed by atoms with Crippen LogP contribution in [0.4, 0.5) is 0 Å². The number of rotatable bonds is 6. The molecule has 0 aromatic carbocycles. The highest BCUT2D eigenvalue weighted by atomic mass is 14.9. The van der Waals surface area contributed by atoms with Crippen LogP contribution in [-0.4, -0.2) is 31.7 Å². The highest BCUT2D eigenvalue weighted by molar-refractivity contribution is 5.20. The molecule has 1 heterocycles. The van der Waals surface area contributed by atoms with Gasteiger partial charge in [-0.15, -0.1) is 0 Å². The van der Waals surface area contributed by atoms with Gasteiger partial charge in [0.1, 0.15) is 0 Å². The van der Waals surface area contributed by atoms with Crippen LogP contribution in [0, 0.1) is 0 Å². The third-order valence-corrected chi connectivity index (χ3v) is 2.58. The average molecular weight is 207 g/mol. The Hall–Kier alpha value is -0.930. The lowest BCUT2D eigenvalue weighted by molar-refractivity contribution is 0.468. The first-order valence-electron chi connectivity index (χ1n) is 5.42. The van der Waals surface area contributed by atoms with Crippen LogP contribution in [-0.2, 0) is 5.41 Å². The predicted octanol–water partition coefficient (Wildman–Crippen LogP) is 1.17. The molecule has 3 heteroatoms. The van der Waals surface area contributed by atoms with E-state index < -0.39 is 0 Å². The SMILES string of the molecule is CNCCNCC(C)(C)c1ccncc1. The maximum atomic E-state index is 4.04. The van der Waals surface area contributed by atoms with Crippen LogP contribution in [0.5, 0.6) is 0 Å². The number of likely N-dealkylation sites (N-methyl/N-ethyl adjacent to an activating group) is 1. The van der Waals surface area contributed by atoms with Gasteiger partial charge in [-0.3, -0.25) is 4.98 Å². The summed E-state index contributed by atoms with van der Waals surface area (Å²) in [4.78, 5) is 4.04. The summed E-state index contributed by atoms with van der Waals surface area (Å²) in [6, 6.07) is 4.17. The summed E-state index contributed by atoms with van der Waals surface area (Å²) in [5, 5.41) is 6.56. The second-order valence-electron chi connectivity index (χ2n) is 4.40. The molecule has 2 N–H and O–H groups in total. The lowest BCUT2D eigenvalue weighted by atomic mass is 9.85. The van der Waals surface area contributed by atoms with E-state index in [1.807, 2.05) is 19.4 Å². The van der Waals surface area contributed by atoms with Gasteiger partial charge < -0.3 is 10.6 Å². The lowest BCUT2D eigenvalue weighted by Crippen LogP contribution is -2.36. The number of nitrogens with one attached hydrogen (secondary N) is 2. The highest BCUT2D eigenvalue weighted by Crippen LogP contribution is 2.20. The zero-order valence-electron chi connectivity index (χ0n) is 9.88. The van der Waals surface area contributed by atoms with E-state index in [-0.39, 0.29) is 5.41 Å². The van der Waals surface area contributed by atoms with Crippen molar-refractivity contribution in [3.63, 3.8) is 0 Å². The summed E-state index contributed by atoms with van der Waals surface area (Å²) in [7, 11) is 1.97. The van der Waals surface area contributed by atoms with Gasteiger partial charge in [-0.1, -0.05) is 13.8 Å². The molecule has 0 unspecified atom stereocenters. The molecular formula is C12H21N3. The van der Waals surface area contributed by atoms with Crippen molar-refractivity contribution in [2.75, 3.05) is 26.7 Å². The molecule has 1 aromatic heterocycles. The van der Waals surface area contributed by atoms with Gasteiger partial charge in [0.2, 0.25) is 0 Å². The van der Waals surface area contributed by atoms with Gasteiger partial charge in [0.05, 0.1) is 0 Å². The van der Waals surface area contributed by atoms with E-state index in [4.69, 9.17) is 0 Å². The third-order valence-electron chi connectivity index (χ3n) is 2.58. The molecule has 1 rings (SSSR count). The fraction of sp³-hybridized carbons (Fsp3) is 0.583. The molecule has 0 fully saturated rings. The van der Waals surface area contributed by atoms with Crippen molar-refractivity contribution >= 4 is 0 Å². The molecule has 0 spiro atoms. The minimum absolute atomic E-state index is 0.163. The van der Waals surface area contributed by atoms with Gasteiger partial charge in [-0.2, -0.15) is 0 Å². The molecule has 0 aliphatic rings. The Morgan fingerprint density at radius 3 is 2.47 bits per heavy atom. The van der Waals surface area contributed by atoms with E-state index in [1.165, 1.54) is 5.56 Å². The van der Waals surface area contributed by atoms with Crippen LogP contribution >= 0.6 is 0 Å². The van der Waals surface area contributed by atoms with Gasteiger partial charge in [-0.25, -0.2) is 0 Å². The van der Waals surface area contributed by atoms with E-state index in [1.54, 1.807) is 0 Å². The van der Waals surface area contributed by atoms with Crippen LogP contribution in [0.3, 0.4) is 0 Å². The van der Waals surface area contributed by atoms with Crippen molar-refractivity contribution in [1.29, 1.82) is 0 Å². The van der Waals surface area contributed by atoms with E-state index in [2.05, 4.69) is 41.6 Å². The highest BCUT2D eigenvalue weighted by Gasteiger charge is 2.19. The Morgan fingerprint density at radius 2 is 1.87 bits per heavy atom. The molecule has 0 atom stereocenters. The summed E-state index contributed by atoms with van der Waals surface area (Å²) in [5.41, 5.74) is 1.49. The van der Waals surface area contributed by atoms with E-state index in [9.17, 15) is 0 Å². The monoisotopic (exact) mass is 207 g/mol. The van der Waals surface area contributed by atoms with Crippen molar-refractivity contribution in [3.05, 3.63) is 30.1 Å². The van der Waals surface area contributed by atoms with Crippen molar-refractivity contribution in [2.24, 2.45) is 0 Å². The summed E-state index contributed by atoms with van der Waals surface area (Å²) in [5.74, 6) is 0. The number of nitrogens with zero attached hydrogens (tertiary/aromatic N) is 1. The Morgan fingerprint density at radius 1 is 1.20 bits per heavy atom. The van der Waals surface area contributed by atoms with Gasteiger partial charge in [-0.05, 0) is 24.7 Å². The molecule has 1 aromatic rings. The molecule has 3 nitrogen and oxygen atoms in total. The second kappa shape index (κ2) is 5.83. The summed E-state index contributed by atoms with van der Waals surface area (Å²) in [6.07, 6.45) is 3.70. The fourth-order valence-corrected chi connectivity index (χ4v) is 1.52. The first kappa shape index (κ1) is 12.1. The molecule has 0 radical (unpaired) electrons. The molecule has 0 aliphatic carbocycles. The zero-order valence-corrected chi connectivity index (χ0v) is 9.88. The van der Waals surface area contributed by atoms with E-state index >= 15 is 0 Å². The van der Waals surface area contributed by atoms with Crippen LogP contribution in [0.2, 0.25) is 0 Å². The number of aromatic nitrogens is 1. The number of hydrogen-bond donors (Lipinski definition) is 2. The predicted molar refractivity (Wildman–Crippen MR) is 64.1 cm³/mol. The first-order chi connectivity index (χ1) is 7.17. The average Bonchev–Trinajstić information content (AvgIpc) is 2.26.